The number of hydrogen-bond donors (Lipinski definition) is 1. The Morgan fingerprint density at radius 3 is 2.55 bits per heavy atom. The third-order valence-electron chi connectivity index (χ3n) is 4.47. The molecule has 8 nitrogen and oxygen atoms in total. The Bertz CT molecular complexity index is 1250. The zero-order chi connectivity index (χ0) is 20.4. The first kappa shape index (κ1) is 19.1. The van der Waals surface area contributed by atoms with Crippen molar-refractivity contribution < 1.29 is 14.6 Å². The van der Waals surface area contributed by atoms with Crippen LogP contribution in [0.15, 0.2) is 57.8 Å². The molecule has 148 valence electrons. The number of carboxylic acid groups (broad SMARTS) is 1. The van der Waals surface area contributed by atoms with E-state index >= 15 is 0 Å². The number of ether oxygens (including phenoxy) is 1. The molecule has 29 heavy (non-hydrogen) atoms. The van der Waals surface area contributed by atoms with E-state index in [0.29, 0.717) is 18.9 Å². The SMILES string of the molecule is O=C(O)CCc1nn2c3ccccc3n(CCOc3ccc(Br)cc3)c2nc1=O. The predicted octanol–water partition coefficient (Wildman–Crippen LogP) is 2.90. The first-order valence-electron chi connectivity index (χ1n) is 9.00. The van der Waals surface area contributed by atoms with Gasteiger partial charge >= 0.3 is 5.97 Å². The molecule has 0 saturated heterocycles. The van der Waals surface area contributed by atoms with Crippen molar-refractivity contribution in [3.63, 3.8) is 0 Å². The molecule has 4 aromatic rings. The highest BCUT2D eigenvalue weighted by Gasteiger charge is 2.15. The van der Waals surface area contributed by atoms with Crippen LogP contribution in [0.2, 0.25) is 0 Å². The van der Waals surface area contributed by atoms with Crippen molar-refractivity contribution >= 4 is 38.7 Å². The third kappa shape index (κ3) is 4.00. The largest absolute Gasteiger partial charge is 0.492 e. The second-order valence-electron chi connectivity index (χ2n) is 6.41. The van der Waals surface area contributed by atoms with Crippen LogP contribution in [0.3, 0.4) is 0 Å². The van der Waals surface area contributed by atoms with Gasteiger partial charge in [0.25, 0.3) is 5.56 Å². The van der Waals surface area contributed by atoms with Gasteiger partial charge in [0.05, 0.1) is 24.0 Å². The molecule has 0 atom stereocenters. The molecule has 0 spiro atoms. The Kier molecular flexibility index (Phi) is 5.30. The van der Waals surface area contributed by atoms with Gasteiger partial charge in [-0.15, -0.1) is 0 Å². The van der Waals surface area contributed by atoms with Crippen molar-refractivity contribution in [1.82, 2.24) is 19.2 Å². The van der Waals surface area contributed by atoms with E-state index in [1.807, 2.05) is 53.1 Å². The number of para-hydroxylation sites is 2. The molecule has 0 radical (unpaired) electrons. The maximum absolute atomic E-state index is 12.4. The topological polar surface area (TPSA) is 98.7 Å². The van der Waals surface area contributed by atoms with Crippen LogP contribution in [0.5, 0.6) is 5.75 Å². The lowest BCUT2D eigenvalue weighted by Crippen LogP contribution is -2.21. The lowest BCUT2D eigenvalue weighted by Gasteiger charge is -2.08. The normalized spacial score (nSPS) is 11.2. The highest BCUT2D eigenvalue weighted by molar-refractivity contribution is 9.10. The first-order valence-corrected chi connectivity index (χ1v) is 9.79. The van der Waals surface area contributed by atoms with Gasteiger partial charge in [0, 0.05) is 10.9 Å². The summed E-state index contributed by atoms with van der Waals surface area (Å²) in [5, 5.41) is 13.3. The molecule has 9 heteroatoms. The van der Waals surface area contributed by atoms with Gasteiger partial charge in [0.15, 0.2) is 0 Å². The van der Waals surface area contributed by atoms with Crippen LogP contribution in [-0.4, -0.2) is 36.8 Å². The molecule has 0 unspecified atom stereocenters. The molecule has 2 aromatic carbocycles. The van der Waals surface area contributed by atoms with E-state index in [4.69, 9.17) is 9.84 Å². The molecule has 0 aliphatic carbocycles. The number of imidazole rings is 1. The van der Waals surface area contributed by atoms with Crippen molar-refractivity contribution in [3.05, 3.63) is 69.1 Å². The van der Waals surface area contributed by atoms with E-state index in [1.54, 1.807) is 4.52 Å². The third-order valence-corrected chi connectivity index (χ3v) is 5.00. The first-order chi connectivity index (χ1) is 14.0. The number of halogens is 1. The Balaban J connectivity index is 1.68. The molecule has 0 amide bonds. The average molecular weight is 457 g/mol. The lowest BCUT2D eigenvalue weighted by molar-refractivity contribution is -0.136. The molecule has 4 rings (SSSR count). The number of aryl methyl sites for hydroxylation is 1. The number of carboxylic acids is 1. The molecule has 2 heterocycles. The average Bonchev–Trinajstić information content (AvgIpc) is 3.00. The predicted molar refractivity (Wildman–Crippen MR) is 110 cm³/mol. The van der Waals surface area contributed by atoms with Crippen LogP contribution >= 0.6 is 15.9 Å². The monoisotopic (exact) mass is 456 g/mol. The van der Waals surface area contributed by atoms with Gasteiger partial charge in [0.2, 0.25) is 5.78 Å². The number of hydrogen-bond acceptors (Lipinski definition) is 5. The fraction of sp³-hybridized carbons (Fsp3) is 0.200. The molecule has 0 bridgehead atoms. The molecule has 0 saturated carbocycles. The van der Waals surface area contributed by atoms with Crippen molar-refractivity contribution in [2.45, 2.75) is 19.4 Å². The Morgan fingerprint density at radius 1 is 1.10 bits per heavy atom. The zero-order valence-electron chi connectivity index (χ0n) is 15.3. The maximum Gasteiger partial charge on any atom is 0.303 e. The summed E-state index contributed by atoms with van der Waals surface area (Å²) in [5.41, 5.74) is 1.28. The summed E-state index contributed by atoms with van der Waals surface area (Å²) in [6, 6.07) is 15.1. The van der Waals surface area contributed by atoms with Gasteiger partial charge < -0.3 is 14.4 Å². The maximum atomic E-state index is 12.4. The fourth-order valence-corrected chi connectivity index (χ4v) is 3.38. The van der Waals surface area contributed by atoms with Crippen molar-refractivity contribution in [1.29, 1.82) is 0 Å². The van der Waals surface area contributed by atoms with Crippen molar-refractivity contribution in [2.75, 3.05) is 6.61 Å². The van der Waals surface area contributed by atoms with E-state index in [-0.39, 0.29) is 18.5 Å². The van der Waals surface area contributed by atoms with E-state index in [0.717, 1.165) is 21.3 Å². The Labute approximate surface area is 173 Å². The second-order valence-corrected chi connectivity index (χ2v) is 7.33. The summed E-state index contributed by atoms with van der Waals surface area (Å²) in [6.45, 7) is 0.849. The molecular formula is C20H17BrN4O4. The minimum Gasteiger partial charge on any atom is -0.492 e. The van der Waals surface area contributed by atoms with Gasteiger partial charge in [-0.1, -0.05) is 28.1 Å². The summed E-state index contributed by atoms with van der Waals surface area (Å²) in [5.74, 6) is 0.159. The molecule has 1 N–H and O–H groups in total. The van der Waals surface area contributed by atoms with Gasteiger partial charge in [-0.25, -0.2) is 0 Å². The summed E-state index contributed by atoms with van der Waals surface area (Å²) < 4.78 is 10.3. The van der Waals surface area contributed by atoms with Crippen LogP contribution in [0.4, 0.5) is 0 Å². The summed E-state index contributed by atoms with van der Waals surface area (Å²) in [4.78, 5) is 27.4. The summed E-state index contributed by atoms with van der Waals surface area (Å²) in [6.07, 6.45) is -0.133. The zero-order valence-corrected chi connectivity index (χ0v) is 16.9. The van der Waals surface area contributed by atoms with E-state index in [2.05, 4.69) is 26.0 Å². The number of carbonyl (C=O) groups is 1. The molecular weight excluding hydrogens is 440 g/mol. The smallest absolute Gasteiger partial charge is 0.303 e. The molecule has 0 aliphatic rings. The van der Waals surface area contributed by atoms with E-state index in [1.165, 1.54) is 0 Å². The van der Waals surface area contributed by atoms with Crippen molar-refractivity contribution in [3.8, 4) is 5.75 Å². The fourth-order valence-electron chi connectivity index (χ4n) is 3.11. The molecule has 0 fully saturated rings. The number of fused-ring (bicyclic) bond motifs is 3. The van der Waals surface area contributed by atoms with E-state index in [9.17, 15) is 9.59 Å². The number of benzene rings is 2. The van der Waals surface area contributed by atoms with Gasteiger partial charge in [-0.05, 0) is 36.4 Å². The van der Waals surface area contributed by atoms with Crippen molar-refractivity contribution in [2.24, 2.45) is 0 Å². The van der Waals surface area contributed by atoms with E-state index < -0.39 is 11.5 Å². The van der Waals surface area contributed by atoms with Crippen LogP contribution in [0.25, 0.3) is 16.8 Å². The highest BCUT2D eigenvalue weighted by atomic mass is 79.9. The lowest BCUT2D eigenvalue weighted by atomic mass is 10.2. The number of aromatic nitrogens is 4. The Hall–Kier alpha value is -3.20. The standard InChI is InChI=1S/C20H17BrN4O4/c21-13-5-7-14(8-6-13)29-12-11-24-16-3-1-2-4-17(16)25-20(24)22-19(28)15(23-25)9-10-18(26)27/h1-8H,9-12H2,(H,26,27). The minimum absolute atomic E-state index is 0.0380. The van der Waals surface area contributed by atoms with Gasteiger partial charge in [-0.2, -0.15) is 14.6 Å². The van der Waals surface area contributed by atoms with Gasteiger partial charge in [-0.3, -0.25) is 9.59 Å². The minimum atomic E-state index is -0.983. The molecule has 2 aromatic heterocycles. The van der Waals surface area contributed by atoms with Crippen LogP contribution < -0.4 is 10.3 Å². The van der Waals surface area contributed by atoms with Crippen LogP contribution in [-0.2, 0) is 17.8 Å². The van der Waals surface area contributed by atoms with Crippen LogP contribution in [0.1, 0.15) is 12.1 Å². The molecule has 0 aliphatic heterocycles. The summed E-state index contributed by atoms with van der Waals surface area (Å²) >= 11 is 3.39. The number of rotatable bonds is 7. The summed E-state index contributed by atoms with van der Waals surface area (Å²) in [7, 11) is 0. The second kappa shape index (κ2) is 8.04. The quantitative estimate of drug-likeness (QED) is 0.458. The highest BCUT2D eigenvalue weighted by Crippen LogP contribution is 2.19. The number of aliphatic carboxylic acids is 1. The Morgan fingerprint density at radius 2 is 1.83 bits per heavy atom. The van der Waals surface area contributed by atoms with Crippen LogP contribution in [0, 0.1) is 0 Å². The van der Waals surface area contributed by atoms with Gasteiger partial charge in [0.1, 0.15) is 18.1 Å². The number of nitrogens with zero attached hydrogens (tertiary/aromatic N) is 4.